The zero-order valence-electron chi connectivity index (χ0n) is 14.7. The van der Waals surface area contributed by atoms with Crippen molar-refractivity contribution in [1.29, 1.82) is 0 Å². The number of esters is 1. The number of nitrogens with zero attached hydrogens (tertiary/aromatic N) is 1. The van der Waals surface area contributed by atoms with Gasteiger partial charge in [-0.25, -0.2) is 4.79 Å². The molecule has 3 aromatic rings. The highest BCUT2D eigenvalue weighted by molar-refractivity contribution is 7.21. The Bertz CT molecular complexity index is 1090. The number of ether oxygens (including phenoxy) is 2. The zero-order chi connectivity index (χ0) is 19.8. The molecule has 8 heteroatoms. The molecule has 1 aliphatic rings. The summed E-state index contributed by atoms with van der Waals surface area (Å²) in [6, 6.07) is 12.0. The van der Waals surface area contributed by atoms with Crippen LogP contribution in [0.1, 0.15) is 30.4 Å². The summed E-state index contributed by atoms with van der Waals surface area (Å²) in [5.41, 5.74) is 0.723. The van der Waals surface area contributed by atoms with Crippen molar-refractivity contribution in [3.05, 3.63) is 63.5 Å². The number of hydrogen-bond acceptors (Lipinski definition) is 6. The first-order chi connectivity index (χ1) is 13.5. The summed E-state index contributed by atoms with van der Waals surface area (Å²) >= 11 is 7.54. The third-order valence-electron chi connectivity index (χ3n) is 4.45. The van der Waals surface area contributed by atoms with Gasteiger partial charge in [0, 0.05) is 10.1 Å². The molecular formula is C20H14ClNO5S. The average Bonchev–Trinajstić information content (AvgIpc) is 3.17. The maximum Gasteiger partial charge on any atom is 0.349 e. The van der Waals surface area contributed by atoms with E-state index in [1.54, 1.807) is 43.5 Å². The van der Waals surface area contributed by atoms with E-state index in [9.17, 15) is 14.4 Å². The molecule has 1 aliphatic heterocycles. The first kappa shape index (κ1) is 18.5. The molecule has 0 aliphatic carbocycles. The maximum absolute atomic E-state index is 12.4. The van der Waals surface area contributed by atoms with Crippen molar-refractivity contribution in [2.75, 3.05) is 20.3 Å². The van der Waals surface area contributed by atoms with E-state index in [1.807, 2.05) is 6.07 Å². The Balaban J connectivity index is 1.44. The van der Waals surface area contributed by atoms with E-state index in [0.29, 0.717) is 27.3 Å². The zero-order valence-corrected chi connectivity index (χ0v) is 16.3. The van der Waals surface area contributed by atoms with Crippen LogP contribution in [0.4, 0.5) is 0 Å². The summed E-state index contributed by atoms with van der Waals surface area (Å²) in [7, 11) is 1.55. The summed E-state index contributed by atoms with van der Waals surface area (Å²) < 4.78 is 11.3. The summed E-state index contributed by atoms with van der Waals surface area (Å²) in [6.45, 7) is -0.132. The van der Waals surface area contributed by atoms with Crippen molar-refractivity contribution in [3.8, 4) is 5.75 Å². The lowest BCUT2D eigenvalue weighted by Crippen LogP contribution is -2.33. The molecule has 2 aromatic carbocycles. The highest BCUT2D eigenvalue weighted by Gasteiger charge is 2.35. The van der Waals surface area contributed by atoms with Crippen LogP contribution in [0.15, 0.2) is 42.5 Å². The SMILES string of the molecule is COc1ccc2sc(C(=O)OCCN3C(=O)c4ccccc4C3=O)c(Cl)c2c1. The maximum atomic E-state index is 12.4. The van der Waals surface area contributed by atoms with E-state index in [4.69, 9.17) is 21.1 Å². The van der Waals surface area contributed by atoms with Gasteiger partial charge in [-0.1, -0.05) is 23.7 Å². The molecule has 6 nitrogen and oxygen atoms in total. The molecule has 0 unspecified atom stereocenters. The Kier molecular flexibility index (Phi) is 4.78. The molecule has 0 saturated carbocycles. The monoisotopic (exact) mass is 415 g/mol. The first-order valence-electron chi connectivity index (χ1n) is 8.39. The van der Waals surface area contributed by atoms with Crippen LogP contribution in [0.2, 0.25) is 5.02 Å². The largest absolute Gasteiger partial charge is 0.497 e. The van der Waals surface area contributed by atoms with Crippen LogP contribution in [0.5, 0.6) is 5.75 Å². The van der Waals surface area contributed by atoms with Crippen molar-refractivity contribution in [3.63, 3.8) is 0 Å². The molecule has 0 saturated heterocycles. The van der Waals surface area contributed by atoms with E-state index in [0.717, 1.165) is 9.60 Å². The summed E-state index contributed by atoms with van der Waals surface area (Å²) in [6.07, 6.45) is 0. The van der Waals surface area contributed by atoms with Crippen LogP contribution < -0.4 is 4.74 Å². The molecule has 1 aromatic heterocycles. The third-order valence-corrected chi connectivity index (χ3v) is 6.10. The van der Waals surface area contributed by atoms with Gasteiger partial charge in [-0.15, -0.1) is 11.3 Å². The smallest absolute Gasteiger partial charge is 0.349 e. The highest BCUT2D eigenvalue weighted by atomic mass is 35.5. The number of carbonyl (C=O) groups is 3. The lowest BCUT2D eigenvalue weighted by molar-refractivity contribution is 0.0425. The number of halogens is 1. The average molecular weight is 416 g/mol. The number of methoxy groups -OCH3 is 1. The van der Waals surface area contributed by atoms with Crippen LogP contribution in [-0.4, -0.2) is 42.9 Å². The number of amides is 2. The second-order valence-electron chi connectivity index (χ2n) is 6.05. The Morgan fingerprint density at radius 3 is 2.43 bits per heavy atom. The van der Waals surface area contributed by atoms with E-state index >= 15 is 0 Å². The Hall–Kier alpha value is -2.90. The Labute approximate surface area is 169 Å². The normalized spacial score (nSPS) is 13.1. The minimum atomic E-state index is -0.596. The molecule has 0 spiro atoms. The number of imide groups is 1. The lowest BCUT2D eigenvalue weighted by atomic mass is 10.1. The van der Waals surface area contributed by atoms with Crippen LogP contribution in [0.3, 0.4) is 0 Å². The van der Waals surface area contributed by atoms with Gasteiger partial charge in [0.1, 0.15) is 17.2 Å². The molecule has 0 fully saturated rings. The fraction of sp³-hybridized carbons (Fsp3) is 0.150. The number of benzene rings is 2. The van der Waals surface area contributed by atoms with Crippen molar-refractivity contribution in [2.24, 2.45) is 0 Å². The molecule has 2 heterocycles. The molecule has 28 heavy (non-hydrogen) atoms. The van der Waals surface area contributed by atoms with Gasteiger partial charge in [0.2, 0.25) is 0 Å². The standard InChI is InChI=1S/C20H14ClNO5S/c1-26-11-6-7-15-14(10-11)16(21)17(28-15)20(25)27-9-8-22-18(23)12-4-2-3-5-13(12)19(22)24/h2-7,10H,8-9H2,1H3. The molecular weight excluding hydrogens is 402 g/mol. The summed E-state index contributed by atoms with van der Waals surface area (Å²) in [5, 5.41) is 1.00. The number of rotatable bonds is 5. The van der Waals surface area contributed by atoms with Crippen molar-refractivity contribution in [1.82, 2.24) is 4.90 Å². The fourth-order valence-electron chi connectivity index (χ4n) is 3.04. The quantitative estimate of drug-likeness (QED) is 0.465. The van der Waals surface area contributed by atoms with Gasteiger partial charge < -0.3 is 9.47 Å². The number of carbonyl (C=O) groups excluding carboxylic acids is 3. The van der Waals surface area contributed by atoms with Gasteiger partial charge in [-0.3, -0.25) is 14.5 Å². The van der Waals surface area contributed by atoms with E-state index in [-0.39, 0.29) is 29.8 Å². The molecule has 0 N–H and O–H groups in total. The number of thiophene rings is 1. The van der Waals surface area contributed by atoms with Gasteiger partial charge in [-0.05, 0) is 30.3 Å². The number of hydrogen-bond donors (Lipinski definition) is 0. The minimum absolute atomic E-state index is 0.0194. The van der Waals surface area contributed by atoms with Gasteiger partial charge in [0.25, 0.3) is 11.8 Å². The minimum Gasteiger partial charge on any atom is -0.497 e. The van der Waals surface area contributed by atoms with E-state index in [2.05, 4.69) is 0 Å². The molecule has 0 radical (unpaired) electrons. The van der Waals surface area contributed by atoms with Crippen LogP contribution in [0.25, 0.3) is 10.1 Å². The third kappa shape index (κ3) is 3.02. The Morgan fingerprint density at radius 1 is 1.11 bits per heavy atom. The van der Waals surface area contributed by atoms with Gasteiger partial charge in [-0.2, -0.15) is 0 Å². The fourth-order valence-corrected chi connectivity index (χ4v) is 4.42. The Morgan fingerprint density at radius 2 is 1.79 bits per heavy atom. The molecule has 142 valence electrons. The summed E-state index contributed by atoms with van der Waals surface area (Å²) in [5.74, 6) is -0.730. The molecule has 0 bridgehead atoms. The predicted octanol–water partition coefficient (Wildman–Crippen LogP) is 4.02. The number of fused-ring (bicyclic) bond motifs is 2. The van der Waals surface area contributed by atoms with E-state index < -0.39 is 5.97 Å². The topological polar surface area (TPSA) is 72.9 Å². The van der Waals surface area contributed by atoms with Crippen LogP contribution in [-0.2, 0) is 4.74 Å². The second-order valence-corrected chi connectivity index (χ2v) is 7.48. The molecule has 0 atom stereocenters. The highest BCUT2D eigenvalue weighted by Crippen LogP contribution is 2.37. The van der Waals surface area contributed by atoms with Crippen molar-refractivity contribution < 1.29 is 23.9 Å². The van der Waals surface area contributed by atoms with Crippen molar-refractivity contribution >= 4 is 50.8 Å². The molecule has 4 rings (SSSR count). The first-order valence-corrected chi connectivity index (χ1v) is 9.59. The van der Waals surface area contributed by atoms with Crippen LogP contribution in [0, 0.1) is 0 Å². The van der Waals surface area contributed by atoms with Crippen LogP contribution >= 0.6 is 22.9 Å². The van der Waals surface area contributed by atoms with Gasteiger partial charge in [0.15, 0.2) is 0 Å². The lowest BCUT2D eigenvalue weighted by Gasteiger charge is -2.13. The summed E-state index contributed by atoms with van der Waals surface area (Å²) in [4.78, 5) is 38.4. The van der Waals surface area contributed by atoms with Gasteiger partial charge in [0.05, 0.1) is 29.8 Å². The molecule has 2 amide bonds. The van der Waals surface area contributed by atoms with Gasteiger partial charge >= 0.3 is 5.97 Å². The van der Waals surface area contributed by atoms with Crippen molar-refractivity contribution in [2.45, 2.75) is 0 Å². The second kappa shape index (κ2) is 7.26. The van der Waals surface area contributed by atoms with E-state index in [1.165, 1.54) is 11.3 Å². The predicted molar refractivity (Wildman–Crippen MR) is 105 cm³/mol.